The highest BCUT2D eigenvalue weighted by atomic mass is 19.4. The van der Waals surface area contributed by atoms with Gasteiger partial charge in [0.05, 0.1) is 23.7 Å². The number of rotatable bonds is 10. The molecular formula is C24H22F3N7O4. The predicted molar refractivity (Wildman–Crippen MR) is 125 cm³/mol. The summed E-state index contributed by atoms with van der Waals surface area (Å²) in [5.74, 6) is -1.85. The number of ether oxygens (including phenoxy) is 2. The molecule has 14 heteroatoms. The Labute approximate surface area is 214 Å². The third-order valence-corrected chi connectivity index (χ3v) is 5.68. The molecule has 0 aliphatic heterocycles. The summed E-state index contributed by atoms with van der Waals surface area (Å²) in [4.78, 5) is 36.1. The molecule has 198 valence electrons. The zero-order valence-corrected chi connectivity index (χ0v) is 19.7. The van der Waals surface area contributed by atoms with Crippen molar-refractivity contribution in [1.29, 1.82) is 0 Å². The summed E-state index contributed by atoms with van der Waals surface area (Å²) >= 11 is 0. The van der Waals surface area contributed by atoms with Crippen LogP contribution in [0.15, 0.2) is 67.7 Å². The summed E-state index contributed by atoms with van der Waals surface area (Å²) in [7, 11) is 0. The number of carboxylic acids is 1. The zero-order valence-electron chi connectivity index (χ0n) is 19.7. The smallest absolute Gasteiger partial charge is 0.422 e. The molecule has 3 aromatic heterocycles. The van der Waals surface area contributed by atoms with Crippen LogP contribution >= 0.6 is 0 Å². The van der Waals surface area contributed by atoms with Crippen LogP contribution in [0, 0.1) is 5.92 Å². The monoisotopic (exact) mass is 529 g/mol. The molecule has 11 nitrogen and oxygen atoms in total. The van der Waals surface area contributed by atoms with Gasteiger partial charge in [-0.25, -0.2) is 24.9 Å². The number of allylic oxidation sites excluding steroid dienone is 2. The second kappa shape index (κ2) is 11.4. The standard InChI is InChI=1S/C24H22F3N7O4/c25-23(26,27)12-37-22-31-9-4-16(34-22)11-38-24(20-6-8-30-14-33-20)15(10-18(28)21(35)36)2-1-3-17(24)19-5-7-29-13-32-19/h1-9,13-15,18H,10-12,28H2,(H,35,36). The van der Waals surface area contributed by atoms with Gasteiger partial charge in [0.25, 0.3) is 0 Å². The van der Waals surface area contributed by atoms with Gasteiger partial charge in [0.2, 0.25) is 0 Å². The second-order valence-corrected chi connectivity index (χ2v) is 8.20. The van der Waals surface area contributed by atoms with Crippen molar-refractivity contribution in [1.82, 2.24) is 29.9 Å². The normalized spacial score (nSPS) is 20.0. The first kappa shape index (κ1) is 26.8. The van der Waals surface area contributed by atoms with Crippen LogP contribution in [0.4, 0.5) is 13.2 Å². The lowest BCUT2D eigenvalue weighted by atomic mass is 9.71. The van der Waals surface area contributed by atoms with E-state index in [0.717, 1.165) is 0 Å². The van der Waals surface area contributed by atoms with Crippen molar-refractivity contribution < 1.29 is 32.5 Å². The van der Waals surface area contributed by atoms with E-state index in [2.05, 4.69) is 34.6 Å². The van der Waals surface area contributed by atoms with Gasteiger partial charge in [0.15, 0.2) is 6.61 Å². The number of nitrogens with two attached hydrogens (primary N) is 1. The molecule has 3 atom stereocenters. The first-order chi connectivity index (χ1) is 18.2. The molecule has 0 fully saturated rings. The summed E-state index contributed by atoms with van der Waals surface area (Å²) in [5, 5.41) is 9.52. The van der Waals surface area contributed by atoms with Gasteiger partial charge in [-0.15, -0.1) is 0 Å². The molecule has 0 aromatic carbocycles. The van der Waals surface area contributed by atoms with Gasteiger partial charge >= 0.3 is 18.2 Å². The molecular weight excluding hydrogens is 507 g/mol. The lowest BCUT2D eigenvalue weighted by Gasteiger charge is -2.42. The van der Waals surface area contributed by atoms with Crippen molar-refractivity contribution in [2.75, 3.05) is 6.61 Å². The lowest BCUT2D eigenvalue weighted by molar-refractivity contribution is -0.154. The van der Waals surface area contributed by atoms with Gasteiger partial charge in [0, 0.05) is 30.1 Å². The number of carboxylic acid groups (broad SMARTS) is 1. The Morgan fingerprint density at radius 1 is 1.11 bits per heavy atom. The van der Waals surface area contributed by atoms with Crippen molar-refractivity contribution >= 4 is 11.5 Å². The van der Waals surface area contributed by atoms with E-state index in [4.69, 9.17) is 10.5 Å². The van der Waals surface area contributed by atoms with E-state index in [1.807, 2.05) is 0 Å². The van der Waals surface area contributed by atoms with Crippen LogP contribution in [-0.4, -0.2) is 59.8 Å². The molecule has 3 N–H and O–H groups in total. The largest absolute Gasteiger partial charge is 0.480 e. The number of hydrogen-bond donors (Lipinski definition) is 2. The number of aromatic nitrogens is 6. The van der Waals surface area contributed by atoms with Crippen LogP contribution in [0.2, 0.25) is 0 Å². The maximum absolute atomic E-state index is 12.6. The molecule has 3 unspecified atom stereocenters. The fourth-order valence-corrected chi connectivity index (χ4v) is 4.05. The minimum Gasteiger partial charge on any atom is -0.480 e. The van der Waals surface area contributed by atoms with Gasteiger partial charge in [0.1, 0.15) is 24.3 Å². The van der Waals surface area contributed by atoms with Gasteiger partial charge in [-0.1, -0.05) is 18.2 Å². The summed E-state index contributed by atoms with van der Waals surface area (Å²) in [6.07, 6.45) is 7.62. The van der Waals surface area contributed by atoms with Crippen molar-refractivity contribution in [3.05, 3.63) is 84.8 Å². The Morgan fingerprint density at radius 2 is 1.87 bits per heavy atom. The van der Waals surface area contributed by atoms with E-state index in [0.29, 0.717) is 17.0 Å². The van der Waals surface area contributed by atoms with Crippen molar-refractivity contribution in [2.24, 2.45) is 11.7 Å². The van der Waals surface area contributed by atoms with Crippen LogP contribution < -0.4 is 10.5 Å². The fourth-order valence-electron chi connectivity index (χ4n) is 4.05. The quantitative estimate of drug-likeness (QED) is 0.397. The van der Waals surface area contributed by atoms with Crippen LogP contribution in [0.25, 0.3) is 5.57 Å². The van der Waals surface area contributed by atoms with E-state index >= 15 is 0 Å². The van der Waals surface area contributed by atoms with Gasteiger partial charge in [-0.05, 0) is 24.6 Å². The Balaban J connectivity index is 1.76. The summed E-state index contributed by atoms with van der Waals surface area (Å²) in [5.41, 5.74) is 6.10. The topological polar surface area (TPSA) is 159 Å². The summed E-state index contributed by atoms with van der Waals surface area (Å²) in [6.45, 7) is -1.79. The highest BCUT2D eigenvalue weighted by Crippen LogP contribution is 2.49. The van der Waals surface area contributed by atoms with Crippen LogP contribution in [-0.2, 0) is 21.7 Å². The van der Waals surface area contributed by atoms with E-state index < -0.39 is 42.3 Å². The number of hydrogen-bond acceptors (Lipinski definition) is 10. The third-order valence-electron chi connectivity index (χ3n) is 5.68. The molecule has 0 saturated carbocycles. The second-order valence-electron chi connectivity index (χ2n) is 8.20. The minimum atomic E-state index is -4.56. The molecule has 1 aliphatic carbocycles. The highest BCUT2D eigenvalue weighted by molar-refractivity contribution is 5.76. The Morgan fingerprint density at radius 3 is 2.53 bits per heavy atom. The molecule has 3 heterocycles. The highest BCUT2D eigenvalue weighted by Gasteiger charge is 2.48. The van der Waals surface area contributed by atoms with Crippen LogP contribution in [0.3, 0.4) is 0 Å². The van der Waals surface area contributed by atoms with E-state index in [1.165, 1.54) is 31.1 Å². The number of carbonyl (C=O) groups is 1. The Kier molecular flexibility index (Phi) is 8.02. The fraction of sp³-hybridized carbons (Fsp3) is 0.292. The molecule has 3 aromatic rings. The van der Waals surface area contributed by atoms with Gasteiger partial charge < -0.3 is 20.3 Å². The first-order valence-electron chi connectivity index (χ1n) is 11.2. The average Bonchev–Trinajstić information content (AvgIpc) is 2.92. The molecule has 0 radical (unpaired) electrons. The zero-order chi connectivity index (χ0) is 27.2. The Hall–Kier alpha value is -4.30. The molecule has 1 aliphatic rings. The third kappa shape index (κ3) is 6.15. The van der Waals surface area contributed by atoms with Gasteiger partial charge in [-0.2, -0.15) is 18.2 Å². The van der Waals surface area contributed by atoms with Gasteiger partial charge in [-0.3, -0.25) is 4.79 Å². The number of aliphatic carboxylic acids is 1. The molecule has 0 saturated heterocycles. The number of nitrogens with zero attached hydrogens (tertiary/aromatic N) is 6. The van der Waals surface area contributed by atoms with E-state index in [-0.39, 0.29) is 18.7 Å². The molecule has 0 amide bonds. The van der Waals surface area contributed by atoms with Crippen molar-refractivity contribution in [2.45, 2.75) is 30.8 Å². The van der Waals surface area contributed by atoms with Crippen molar-refractivity contribution in [3.63, 3.8) is 0 Å². The van der Waals surface area contributed by atoms with Crippen LogP contribution in [0.1, 0.15) is 23.5 Å². The maximum Gasteiger partial charge on any atom is 0.422 e. The number of alkyl halides is 3. The van der Waals surface area contributed by atoms with E-state index in [9.17, 15) is 23.1 Å². The molecule has 0 spiro atoms. The Bertz CT molecular complexity index is 1310. The molecule has 38 heavy (non-hydrogen) atoms. The summed E-state index contributed by atoms with van der Waals surface area (Å²) in [6, 6.07) is 3.02. The lowest BCUT2D eigenvalue weighted by Crippen LogP contribution is -2.45. The molecule has 4 rings (SSSR count). The first-order valence-corrected chi connectivity index (χ1v) is 11.2. The van der Waals surface area contributed by atoms with Crippen LogP contribution in [0.5, 0.6) is 6.01 Å². The predicted octanol–water partition coefficient (Wildman–Crippen LogP) is 2.48. The van der Waals surface area contributed by atoms with E-state index in [1.54, 1.807) is 36.6 Å². The minimum absolute atomic E-state index is 0.0397. The SMILES string of the molecule is NC(CC1C=CC=C(c2ccncn2)C1(OCc1ccnc(OCC(F)(F)F)n1)c1ccncn1)C(=O)O. The summed E-state index contributed by atoms with van der Waals surface area (Å²) < 4.78 is 48.9. The van der Waals surface area contributed by atoms with Crippen molar-refractivity contribution in [3.8, 4) is 6.01 Å². The number of halogens is 3. The molecule has 0 bridgehead atoms. The maximum atomic E-state index is 12.6. The average molecular weight is 529 g/mol.